The van der Waals surface area contributed by atoms with Crippen molar-refractivity contribution >= 4 is 11.6 Å². The Labute approximate surface area is 116 Å². The number of hydrogen-bond acceptors (Lipinski definition) is 2. The number of alkyl halides is 3. The zero-order chi connectivity index (χ0) is 14.9. The number of aromatic hydroxyl groups is 1. The summed E-state index contributed by atoms with van der Waals surface area (Å²) in [7, 11) is 0. The molecule has 0 atom stereocenters. The zero-order valence-corrected chi connectivity index (χ0v) is 10.5. The van der Waals surface area contributed by atoms with Gasteiger partial charge < -0.3 is 9.84 Å². The number of phenols is 1. The largest absolute Gasteiger partial charge is 0.573 e. The lowest BCUT2D eigenvalue weighted by Gasteiger charge is -2.11. The van der Waals surface area contributed by atoms with E-state index in [1.54, 1.807) is 0 Å². The number of benzene rings is 2. The molecule has 0 radical (unpaired) electrons. The molecule has 0 saturated carbocycles. The maximum absolute atomic E-state index is 13.0. The summed E-state index contributed by atoms with van der Waals surface area (Å²) in [6.45, 7) is 0. The molecule has 2 aromatic carbocycles. The number of rotatable bonds is 2. The maximum Gasteiger partial charge on any atom is 0.573 e. The Morgan fingerprint density at radius 1 is 1.00 bits per heavy atom. The molecule has 0 saturated heterocycles. The fraction of sp³-hybridized carbons (Fsp3) is 0.0769. The van der Waals surface area contributed by atoms with Crippen molar-refractivity contribution in [3.63, 3.8) is 0 Å². The topological polar surface area (TPSA) is 29.5 Å². The van der Waals surface area contributed by atoms with Gasteiger partial charge >= 0.3 is 6.36 Å². The van der Waals surface area contributed by atoms with Gasteiger partial charge in [-0.05, 0) is 35.4 Å². The second-order valence-electron chi connectivity index (χ2n) is 3.86. The maximum atomic E-state index is 13.0. The first-order chi connectivity index (χ1) is 9.26. The fourth-order valence-electron chi connectivity index (χ4n) is 1.58. The van der Waals surface area contributed by atoms with Crippen LogP contribution < -0.4 is 4.74 Å². The van der Waals surface area contributed by atoms with Gasteiger partial charge in [0.2, 0.25) is 0 Å². The Hall–Kier alpha value is -1.95. The van der Waals surface area contributed by atoms with Crippen LogP contribution in [0.3, 0.4) is 0 Å². The predicted octanol–water partition coefficient (Wildman–Crippen LogP) is 4.75. The summed E-state index contributed by atoms with van der Waals surface area (Å²) in [4.78, 5) is 0. The minimum absolute atomic E-state index is 0.127. The molecule has 0 aliphatic carbocycles. The van der Waals surface area contributed by atoms with Crippen molar-refractivity contribution in [2.24, 2.45) is 0 Å². The molecule has 0 aromatic heterocycles. The standard InChI is InChI=1S/C13H7ClF4O2/c14-9-5-7(1-3-10(9)15)8-2-4-12(11(19)6-8)20-13(16,17)18/h1-6,19H. The molecule has 0 heterocycles. The number of halogens is 5. The molecule has 2 aromatic rings. The summed E-state index contributed by atoms with van der Waals surface area (Å²) in [5.74, 6) is -2.01. The van der Waals surface area contributed by atoms with Gasteiger partial charge in [0.15, 0.2) is 11.5 Å². The quantitative estimate of drug-likeness (QED) is 0.811. The van der Waals surface area contributed by atoms with Gasteiger partial charge in [0.1, 0.15) is 5.82 Å². The van der Waals surface area contributed by atoms with Crippen LogP contribution in [0.5, 0.6) is 11.5 Å². The lowest BCUT2D eigenvalue weighted by Crippen LogP contribution is -2.17. The molecule has 106 valence electrons. The average molecular weight is 307 g/mol. The SMILES string of the molecule is Oc1cc(-c2ccc(F)c(Cl)c2)ccc1OC(F)(F)F. The van der Waals surface area contributed by atoms with Crippen LogP contribution in [0.2, 0.25) is 5.02 Å². The van der Waals surface area contributed by atoms with Crippen molar-refractivity contribution in [2.75, 3.05) is 0 Å². The summed E-state index contributed by atoms with van der Waals surface area (Å²) >= 11 is 5.61. The first-order valence-corrected chi connectivity index (χ1v) is 5.68. The highest BCUT2D eigenvalue weighted by molar-refractivity contribution is 6.31. The summed E-state index contributed by atoms with van der Waals surface area (Å²) in [6, 6.07) is 7.15. The van der Waals surface area contributed by atoms with Gasteiger partial charge in [-0.15, -0.1) is 13.2 Å². The van der Waals surface area contributed by atoms with E-state index in [9.17, 15) is 22.7 Å². The summed E-state index contributed by atoms with van der Waals surface area (Å²) in [6.07, 6.45) is -4.89. The van der Waals surface area contributed by atoms with Gasteiger partial charge in [0.05, 0.1) is 5.02 Å². The van der Waals surface area contributed by atoms with Gasteiger partial charge in [-0.2, -0.15) is 0 Å². The minimum atomic E-state index is -4.89. The third-order valence-corrected chi connectivity index (χ3v) is 2.73. The van der Waals surface area contributed by atoms with E-state index in [4.69, 9.17) is 11.6 Å². The van der Waals surface area contributed by atoms with Crippen molar-refractivity contribution < 1.29 is 27.4 Å². The first-order valence-electron chi connectivity index (χ1n) is 5.30. The molecule has 0 unspecified atom stereocenters. The monoisotopic (exact) mass is 306 g/mol. The number of phenolic OH excluding ortho intramolecular Hbond substituents is 1. The van der Waals surface area contributed by atoms with Crippen LogP contribution in [0.25, 0.3) is 11.1 Å². The molecular weight excluding hydrogens is 300 g/mol. The number of ether oxygens (including phenoxy) is 1. The van der Waals surface area contributed by atoms with E-state index in [1.807, 2.05) is 0 Å². The second-order valence-corrected chi connectivity index (χ2v) is 4.27. The molecule has 20 heavy (non-hydrogen) atoms. The molecule has 7 heteroatoms. The number of hydrogen-bond donors (Lipinski definition) is 1. The first kappa shape index (κ1) is 14.5. The fourth-order valence-corrected chi connectivity index (χ4v) is 1.76. The lowest BCUT2D eigenvalue weighted by molar-refractivity contribution is -0.275. The van der Waals surface area contributed by atoms with Crippen LogP contribution in [0.1, 0.15) is 0 Å². The molecule has 2 nitrogen and oxygen atoms in total. The molecule has 2 rings (SSSR count). The Bertz CT molecular complexity index is 641. The van der Waals surface area contributed by atoms with Crippen molar-refractivity contribution in [1.29, 1.82) is 0 Å². The van der Waals surface area contributed by atoms with Crippen LogP contribution in [0, 0.1) is 5.82 Å². The van der Waals surface area contributed by atoms with E-state index in [2.05, 4.69) is 4.74 Å². The Morgan fingerprint density at radius 3 is 2.15 bits per heavy atom. The van der Waals surface area contributed by atoms with Crippen molar-refractivity contribution in [2.45, 2.75) is 6.36 Å². The molecule has 0 aliphatic heterocycles. The smallest absolute Gasteiger partial charge is 0.504 e. The van der Waals surface area contributed by atoms with Gasteiger partial charge in [-0.3, -0.25) is 0 Å². The van der Waals surface area contributed by atoms with Gasteiger partial charge in [-0.25, -0.2) is 4.39 Å². The van der Waals surface area contributed by atoms with E-state index < -0.39 is 23.7 Å². The molecule has 0 fully saturated rings. The van der Waals surface area contributed by atoms with E-state index >= 15 is 0 Å². The highest BCUT2D eigenvalue weighted by Gasteiger charge is 2.32. The zero-order valence-electron chi connectivity index (χ0n) is 9.71. The molecule has 0 aliphatic rings. The average Bonchev–Trinajstić information content (AvgIpc) is 2.34. The molecule has 0 amide bonds. The Morgan fingerprint density at radius 2 is 1.60 bits per heavy atom. The molecule has 1 N–H and O–H groups in total. The molecule has 0 bridgehead atoms. The van der Waals surface area contributed by atoms with Crippen LogP contribution in [0.15, 0.2) is 36.4 Å². The van der Waals surface area contributed by atoms with Gasteiger partial charge in [-0.1, -0.05) is 23.7 Å². The van der Waals surface area contributed by atoms with Crippen molar-refractivity contribution in [3.8, 4) is 22.6 Å². The lowest BCUT2D eigenvalue weighted by atomic mass is 10.1. The minimum Gasteiger partial charge on any atom is -0.504 e. The van der Waals surface area contributed by atoms with Crippen LogP contribution in [-0.2, 0) is 0 Å². The van der Waals surface area contributed by atoms with E-state index in [1.165, 1.54) is 18.2 Å². The highest BCUT2D eigenvalue weighted by Crippen LogP contribution is 2.35. The van der Waals surface area contributed by atoms with E-state index in [0.29, 0.717) is 11.1 Å². The van der Waals surface area contributed by atoms with Crippen LogP contribution >= 0.6 is 11.6 Å². The predicted molar refractivity (Wildman–Crippen MR) is 65.2 cm³/mol. The van der Waals surface area contributed by atoms with Crippen LogP contribution in [-0.4, -0.2) is 11.5 Å². The second kappa shape index (κ2) is 5.20. The summed E-state index contributed by atoms with van der Waals surface area (Å²) < 4.78 is 52.8. The summed E-state index contributed by atoms with van der Waals surface area (Å²) in [5.41, 5.74) is 0.823. The summed E-state index contributed by atoms with van der Waals surface area (Å²) in [5, 5.41) is 9.38. The van der Waals surface area contributed by atoms with Crippen molar-refractivity contribution in [3.05, 3.63) is 47.2 Å². The normalized spacial score (nSPS) is 11.4. The third kappa shape index (κ3) is 3.33. The van der Waals surface area contributed by atoms with Crippen molar-refractivity contribution in [1.82, 2.24) is 0 Å². The van der Waals surface area contributed by atoms with Gasteiger partial charge in [0.25, 0.3) is 0 Å². The molecular formula is C13H7ClF4O2. The van der Waals surface area contributed by atoms with Gasteiger partial charge in [0, 0.05) is 0 Å². The molecule has 0 spiro atoms. The highest BCUT2D eigenvalue weighted by atomic mass is 35.5. The van der Waals surface area contributed by atoms with E-state index in [-0.39, 0.29) is 5.02 Å². The third-order valence-electron chi connectivity index (χ3n) is 2.44. The van der Waals surface area contributed by atoms with Crippen LogP contribution in [0.4, 0.5) is 17.6 Å². The van der Waals surface area contributed by atoms with E-state index in [0.717, 1.165) is 18.2 Å². The Kier molecular flexibility index (Phi) is 3.76. The Balaban J connectivity index is 2.35.